The summed E-state index contributed by atoms with van der Waals surface area (Å²) in [6, 6.07) is 11.8. The third-order valence-corrected chi connectivity index (χ3v) is 5.22. The maximum atomic E-state index is 12.8. The van der Waals surface area contributed by atoms with Gasteiger partial charge in [-0.05, 0) is 30.3 Å². The number of anilines is 4. The van der Waals surface area contributed by atoms with Gasteiger partial charge >= 0.3 is 0 Å². The lowest BCUT2D eigenvalue weighted by Crippen LogP contribution is -2.14. The van der Waals surface area contributed by atoms with Crippen molar-refractivity contribution in [3.05, 3.63) is 76.9 Å². The number of pyridine rings is 1. The van der Waals surface area contributed by atoms with Crippen LogP contribution >= 0.6 is 23.2 Å². The zero-order valence-electron chi connectivity index (χ0n) is 17.7. The van der Waals surface area contributed by atoms with Gasteiger partial charge in [-0.2, -0.15) is 0 Å². The van der Waals surface area contributed by atoms with Crippen molar-refractivity contribution >= 4 is 57.9 Å². The Labute approximate surface area is 200 Å². The third kappa shape index (κ3) is 5.54. The predicted octanol–water partition coefficient (Wildman–Crippen LogP) is 5.53. The molecule has 10 heteroatoms. The number of hydrogen-bond acceptors (Lipinski definition) is 6. The van der Waals surface area contributed by atoms with Gasteiger partial charge in [0.05, 0.1) is 36.8 Å². The molecule has 3 N–H and O–H groups in total. The average Bonchev–Trinajstić information content (AvgIpc) is 2.83. The van der Waals surface area contributed by atoms with Crippen molar-refractivity contribution in [2.24, 2.45) is 0 Å². The van der Waals surface area contributed by atoms with Gasteiger partial charge in [0.15, 0.2) is 0 Å². The Balaban J connectivity index is 1.79. The summed E-state index contributed by atoms with van der Waals surface area (Å²) in [4.78, 5) is 28.7. The number of nitrogens with one attached hydrogen (secondary N) is 3. The van der Waals surface area contributed by atoms with E-state index in [0.717, 1.165) is 0 Å². The molecule has 33 heavy (non-hydrogen) atoms. The monoisotopic (exact) mass is 486 g/mol. The smallest absolute Gasteiger partial charge is 0.257 e. The van der Waals surface area contributed by atoms with E-state index in [4.69, 9.17) is 32.7 Å². The summed E-state index contributed by atoms with van der Waals surface area (Å²) in [5.74, 6) is 0.245. The Morgan fingerprint density at radius 3 is 2.15 bits per heavy atom. The molecule has 0 spiro atoms. The van der Waals surface area contributed by atoms with Crippen molar-refractivity contribution in [3.63, 3.8) is 0 Å². The summed E-state index contributed by atoms with van der Waals surface area (Å²) in [5.41, 5.74) is 1.61. The van der Waals surface area contributed by atoms with Gasteiger partial charge < -0.3 is 25.4 Å². The minimum atomic E-state index is -0.480. The topological polar surface area (TPSA) is 102 Å². The molecule has 0 aliphatic carbocycles. The number of amides is 2. The fourth-order valence-corrected chi connectivity index (χ4v) is 3.40. The molecule has 1 aromatic heterocycles. The lowest BCUT2D eigenvalue weighted by molar-refractivity contribution is -0.111. The Kier molecular flexibility index (Phi) is 7.76. The van der Waals surface area contributed by atoms with Crippen molar-refractivity contribution < 1.29 is 19.1 Å². The van der Waals surface area contributed by atoms with E-state index in [2.05, 4.69) is 27.5 Å². The predicted molar refractivity (Wildman–Crippen MR) is 130 cm³/mol. The van der Waals surface area contributed by atoms with Gasteiger partial charge in [0.1, 0.15) is 27.4 Å². The van der Waals surface area contributed by atoms with E-state index in [0.29, 0.717) is 28.7 Å². The summed E-state index contributed by atoms with van der Waals surface area (Å²) >= 11 is 12.6. The molecule has 0 bridgehead atoms. The van der Waals surface area contributed by atoms with Gasteiger partial charge in [0.2, 0.25) is 5.91 Å². The second-order valence-corrected chi connectivity index (χ2v) is 7.29. The molecule has 3 aromatic rings. The minimum Gasteiger partial charge on any atom is -0.495 e. The minimum absolute atomic E-state index is 0.140. The van der Waals surface area contributed by atoms with E-state index >= 15 is 0 Å². The fourth-order valence-electron chi connectivity index (χ4n) is 2.81. The number of nitrogens with zero attached hydrogens (tertiary/aromatic N) is 1. The van der Waals surface area contributed by atoms with Crippen LogP contribution in [0, 0.1) is 0 Å². The molecule has 0 unspecified atom stereocenters. The zero-order chi connectivity index (χ0) is 24.0. The van der Waals surface area contributed by atoms with E-state index in [1.165, 1.54) is 32.6 Å². The number of benzene rings is 2. The number of carbonyl (C=O) groups is 2. The van der Waals surface area contributed by atoms with Crippen LogP contribution in [0.5, 0.6) is 11.5 Å². The number of rotatable bonds is 8. The Morgan fingerprint density at radius 1 is 0.970 bits per heavy atom. The summed E-state index contributed by atoms with van der Waals surface area (Å²) in [6.07, 6.45) is 2.57. The van der Waals surface area contributed by atoms with Crippen LogP contribution in [0.3, 0.4) is 0 Å². The second kappa shape index (κ2) is 10.7. The van der Waals surface area contributed by atoms with Crippen LogP contribution in [0.1, 0.15) is 10.4 Å². The van der Waals surface area contributed by atoms with Crippen LogP contribution in [0.2, 0.25) is 10.0 Å². The van der Waals surface area contributed by atoms with Gasteiger partial charge in [-0.25, -0.2) is 4.98 Å². The highest BCUT2D eigenvalue weighted by Gasteiger charge is 2.20. The van der Waals surface area contributed by atoms with Crippen LogP contribution < -0.4 is 25.4 Å². The van der Waals surface area contributed by atoms with E-state index < -0.39 is 5.91 Å². The van der Waals surface area contributed by atoms with Crippen LogP contribution in [0.4, 0.5) is 22.9 Å². The molecule has 170 valence electrons. The first kappa shape index (κ1) is 23.9. The Bertz CT molecular complexity index is 1170. The average molecular weight is 487 g/mol. The summed E-state index contributed by atoms with van der Waals surface area (Å²) in [7, 11) is 2.88. The molecule has 3 rings (SSSR count). The molecular formula is C23H20Cl2N4O4. The van der Waals surface area contributed by atoms with E-state index in [9.17, 15) is 9.59 Å². The highest BCUT2D eigenvalue weighted by molar-refractivity contribution is 6.41. The number of para-hydroxylation sites is 2. The Hall–Kier alpha value is -3.75. The first-order valence-corrected chi connectivity index (χ1v) is 10.3. The van der Waals surface area contributed by atoms with Crippen molar-refractivity contribution in [1.82, 2.24) is 4.98 Å². The van der Waals surface area contributed by atoms with Crippen molar-refractivity contribution in [3.8, 4) is 11.5 Å². The quantitative estimate of drug-likeness (QED) is 0.362. The molecule has 1 heterocycles. The molecule has 0 aliphatic heterocycles. The standard InChI is InChI=1S/C23H20Cl2N4O4/c1-4-19(30)28-15-8-6-5-7-14(15)27-18-10-9-13(12-26-18)23(31)29-22-20(24)16(32-2)11-17(33-3)21(22)25/h4-12H,1H2,2-3H3,(H,26,27)(H,28,30)(H,29,31). The molecule has 0 saturated carbocycles. The van der Waals surface area contributed by atoms with Gasteiger partial charge in [-0.15, -0.1) is 0 Å². The lowest BCUT2D eigenvalue weighted by atomic mass is 10.2. The first-order chi connectivity index (χ1) is 15.9. The summed E-state index contributed by atoms with van der Waals surface area (Å²) < 4.78 is 10.4. The SMILES string of the molecule is C=CC(=O)Nc1ccccc1Nc1ccc(C(=O)Nc2c(Cl)c(OC)cc(OC)c2Cl)cn1. The highest BCUT2D eigenvalue weighted by Crippen LogP contribution is 2.44. The molecule has 0 fully saturated rings. The second-order valence-electron chi connectivity index (χ2n) is 6.53. The molecular weight excluding hydrogens is 467 g/mol. The summed E-state index contributed by atoms with van der Waals surface area (Å²) in [6.45, 7) is 3.44. The molecule has 0 atom stereocenters. The zero-order valence-corrected chi connectivity index (χ0v) is 19.3. The van der Waals surface area contributed by atoms with Crippen LogP contribution in [0.25, 0.3) is 0 Å². The van der Waals surface area contributed by atoms with Crippen LogP contribution in [0.15, 0.2) is 61.3 Å². The number of hydrogen-bond donors (Lipinski definition) is 3. The largest absolute Gasteiger partial charge is 0.495 e. The Morgan fingerprint density at radius 2 is 1.61 bits per heavy atom. The normalized spacial score (nSPS) is 10.2. The maximum absolute atomic E-state index is 12.8. The van der Waals surface area contributed by atoms with E-state index in [-0.39, 0.29) is 27.2 Å². The molecule has 0 aliphatic rings. The van der Waals surface area contributed by atoms with Crippen molar-refractivity contribution in [2.45, 2.75) is 0 Å². The van der Waals surface area contributed by atoms with Crippen LogP contribution in [-0.4, -0.2) is 31.0 Å². The molecule has 0 radical (unpaired) electrons. The molecule has 8 nitrogen and oxygen atoms in total. The number of methoxy groups -OCH3 is 2. The number of aromatic nitrogens is 1. The van der Waals surface area contributed by atoms with Gasteiger partial charge in [0.25, 0.3) is 5.91 Å². The number of ether oxygens (including phenoxy) is 2. The van der Waals surface area contributed by atoms with E-state index in [1.807, 2.05) is 6.07 Å². The fraction of sp³-hybridized carbons (Fsp3) is 0.0870. The van der Waals surface area contributed by atoms with Crippen molar-refractivity contribution in [1.29, 1.82) is 0 Å². The highest BCUT2D eigenvalue weighted by atomic mass is 35.5. The number of carbonyl (C=O) groups excluding carboxylic acids is 2. The third-order valence-electron chi connectivity index (χ3n) is 4.47. The lowest BCUT2D eigenvalue weighted by Gasteiger charge is -2.15. The molecule has 2 amide bonds. The molecule has 0 saturated heterocycles. The summed E-state index contributed by atoms with van der Waals surface area (Å²) in [5, 5.41) is 8.76. The first-order valence-electron chi connectivity index (χ1n) is 9.54. The van der Waals surface area contributed by atoms with Gasteiger partial charge in [-0.3, -0.25) is 9.59 Å². The van der Waals surface area contributed by atoms with Crippen LogP contribution in [-0.2, 0) is 4.79 Å². The molecule has 2 aromatic carbocycles. The van der Waals surface area contributed by atoms with Gasteiger partial charge in [-0.1, -0.05) is 41.9 Å². The maximum Gasteiger partial charge on any atom is 0.257 e. The van der Waals surface area contributed by atoms with Gasteiger partial charge in [0, 0.05) is 12.3 Å². The van der Waals surface area contributed by atoms with E-state index in [1.54, 1.807) is 30.3 Å². The van der Waals surface area contributed by atoms with Crippen molar-refractivity contribution in [2.75, 3.05) is 30.2 Å². The number of halogens is 2.